The van der Waals surface area contributed by atoms with E-state index in [0.717, 1.165) is 6.54 Å². The van der Waals surface area contributed by atoms with Gasteiger partial charge in [0.1, 0.15) is 0 Å². The molecule has 1 N–H and O–H groups in total. The van der Waals surface area contributed by atoms with Crippen molar-refractivity contribution in [3.05, 3.63) is 34.9 Å². The summed E-state index contributed by atoms with van der Waals surface area (Å²) in [4.78, 5) is 0. The molecule has 0 aliphatic heterocycles. The highest BCUT2D eigenvalue weighted by molar-refractivity contribution is 8.00. The SMILES string of the molecule is CSC1(CNC(C)c2ccc(C)cc2C)CCC1. The van der Waals surface area contributed by atoms with Crippen molar-refractivity contribution in [3.8, 4) is 0 Å². The second-order valence-corrected chi connectivity index (χ2v) is 6.98. The van der Waals surface area contributed by atoms with Crippen molar-refractivity contribution in [2.45, 2.75) is 50.8 Å². The summed E-state index contributed by atoms with van der Waals surface area (Å²) in [6, 6.07) is 7.22. The van der Waals surface area contributed by atoms with Gasteiger partial charge in [-0.15, -0.1) is 0 Å². The lowest BCUT2D eigenvalue weighted by Crippen LogP contribution is -2.44. The minimum Gasteiger partial charge on any atom is -0.309 e. The standard InChI is InChI=1S/C16H25NS/c1-12-6-7-15(13(2)10-12)14(3)17-11-16(18-4)8-5-9-16/h6-7,10,14,17H,5,8-9,11H2,1-4H3. The Morgan fingerprint density at radius 1 is 1.33 bits per heavy atom. The highest BCUT2D eigenvalue weighted by atomic mass is 32.2. The average Bonchev–Trinajstić information content (AvgIpc) is 2.27. The number of hydrogen-bond donors (Lipinski definition) is 1. The van der Waals surface area contributed by atoms with Gasteiger partial charge >= 0.3 is 0 Å². The number of hydrogen-bond acceptors (Lipinski definition) is 2. The van der Waals surface area contributed by atoms with E-state index < -0.39 is 0 Å². The van der Waals surface area contributed by atoms with Gasteiger partial charge in [-0.05, 0) is 51.0 Å². The lowest BCUT2D eigenvalue weighted by molar-refractivity contribution is 0.334. The molecule has 1 aromatic carbocycles. The Labute approximate surface area is 116 Å². The van der Waals surface area contributed by atoms with Gasteiger partial charge in [-0.1, -0.05) is 30.2 Å². The Balaban J connectivity index is 1.97. The summed E-state index contributed by atoms with van der Waals surface area (Å²) < 4.78 is 0.521. The fraction of sp³-hybridized carbons (Fsp3) is 0.625. The Hall–Kier alpha value is -0.470. The van der Waals surface area contributed by atoms with Gasteiger partial charge in [0.25, 0.3) is 0 Å². The molecule has 1 nitrogen and oxygen atoms in total. The highest BCUT2D eigenvalue weighted by Gasteiger charge is 2.35. The number of aryl methyl sites for hydroxylation is 2. The van der Waals surface area contributed by atoms with Crippen LogP contribution >= 0.6 is 11.8 Å². The minimum atomic E-state index is 0.454. The third kappa shape index (κ3) is 2.92. The van der Waals surface area contributed by atoms with Gasteiger partial charge < -0.3 is 5.32 Å². The molecule has 0 aromatic heterocycles. The van der Waals surface area contributed by atoms with Crippen LogP contribution in [0.15, 0.2) is 18.2 Å². The number of thioether (sulfide) groups is 1. The molecule has 1 aliphatic rings. The number of nitrogens with one attached hydrogen (secondary N) is 1. The summed E-state index contributed by atoms with van der Waals surface area (Å²) in [6.07, 6.45) is 6.41. The van der Waals surface area contributed by atoms with Crippen LogP contribution in [-0.4, -0.2) is 17.5 Å². The molecule has 0 bridgehead atoms. The fourth-order valence-corrected chi connectivity index (χ4v) is 3.71. The molecular formula is C16H25NS. The zero-order chi connectivity index (χ0) is 13.2. The van der Waals surface area contributed by atoms with E-state index in [1.54, 1.807) is 0 Å². The normalized spacial score (nSPS) is 19.3. The molecule has 0 spiro atoms. The van der Waals surface area contributed by atoms with Gasteiger partial charge in [-0.2, -0.15) is 11.8 Å². The van der Waals surface area contributed by atoms with Crippen LogP contribution in [0.5, 0.6) is 0 Å². The van der Waals surface area contributed by atoms with E-state index in [0.29, 0.717) is 10.8 Å². The molecular weight excluding hydrogens is 238 g/mol. The molecule has 1 aromatic rings. The van der Waals surface area contributed by atoms with E-state index in [1.165, 1.54) is 36.0 Å². The summed E-state index contributed by atoms with van der Waals surface area (Å²) in [5, 5.41) is 3.73. The molecule has 1 aliphatic carbocycles. The first-order valence-corrected chi connectivity index (χ1v) is 8.14. The van der Waals surface area contributed by atoms with Crippen LogP contribution in [0.25, 0.3) is 0 Å². The summed E-state index contributed by atoms with van der Waals surface area (Å²) in [5.41, 5.74) is 4.20. The quantitative estimate of drug-likeness (QED) is 0.853. The fourth-order valence-electron chi connectivity index (χ4n) is 2.78. The van der Waals surface area contributed by atoms with Crippen molar-refractivity contribution in [1.82, 2.24) is 5.32 Å². The van der Waals surface area contributed by atoms with Gasteiger partial charge in [0.15, 0.2) is 0 Å². The molecule has 18 heavy (non-hydrogen) atoms. The third-order valence-corrected chi connectivity index (χ3v) is 5.74. The van der Waals surface area contributed by atoms with Crippen molar-refractivity contribution in [1.29, 1.82) is 0 Å². The van der Waals surface area contributed by atoms with Crippen molar-refractivity contribution < 1.29 is 0 Å². The third-order valence-electron chi connectivity index (χ3n) is 4.32. The Kier molecular flexibility index (Phi) is 4.39. The van der Waals surface area contributed by atoms with Gasteiger partial charge in [0.2, 0.25) is 0 Å². The van der Waals surface area contributed by atoms with E-state index in [1.807, 2.05) is 11.8 Å². The van der Waals surface area contributed by atoms with Crippen LogP contribution in [0, 0.1) is 13.8 Å². The lowest BCUT2D eigenvalue weighted by Gasteiger charge is -2.41. The number of benzene rings is 1. The van der Waals surface area contributed by atoms with Gasteiger partial charge in [-0.25, -0.2) is 0 Å². The van der Waals surface area contributed by atoms with E-state index in [2.05, 4.69) is 50.5 Å². The molecule has 2 rings (SSSR count). The molecule has 1 unspecified atom stereocenters. The van der Waals surface area contributed by atoms with E-state index in [9.17, 15) is 0 Å². The number of rotatable bonds is 5. The Morgan fingerprint density at radius 3 is 2.56 bits per heavy atom. The maximum atomic E-state index is 3.73. The zero-order valence-corrected chi connectivity index (χ0v) is 12.9. The van der Waals surface area contributed by atoms with Crippen LogP contribution < -0.4 is 5.32 Å². The Morgan fingerprint density at radius 2 is 2.06 bits per heavy atom. The molecule has 0 amide bonds. The summed E-state index contributed by atoms with van der Waals surface area (Å²) in [7, 11) is 0. The molecule has 2 heteroatoms. The Bertz CT molecular complexity index is 404. The lowest BCUT2D eigenvalue weighted by atomic mass is 9.84. The smallest absolute Gasteiger partial charge is 0.0294 e. The molecule has 0 radical (unpaired) electrons. The second-order valence-electron chi connectivity index (χ2n) is 5.70. The first-order chi connectivity index (χ1) is 8.56. The molecule has 1 fully saturated rings. The van der Waals surface area contributed by atoms with Gasteiger partial charge in [0, 0.05) is 17.3 Å². The van der Waals surface area contributed by atoms with Crippen LogP contribution in [0.3, 0.4) is 0 Å². The van der Waals surface area contributed by atoms with Crippen molar-refractivity contribution in [2.24, 2.45) is 0 Å². The van der Waals surface area contributed by atoms with Crippen LogP contribution in [-0.2, 0) is 0 Å². The van der Waals surface area contributed by atoms with Crippen LogP contribution in [0.2, 0.25) is 0 Å². The van der Waals surface area contributed by atoms with Crippen LogP contribution in [0.1, 0.15) is 48.9 Å². The summed E-state index contributed by atoms with van der Waals surface area (Å²) in [6.45, 7) is 7.80. The predicted molar refractivity (Wildman–Crippen MR) is 82.4 cm³/mol. The first-order valence-electron chi connectivity index (χ1n) is 6.92. The second kappa shape index (κ2) is 5.66. The summed E-state index contributed by atoms with van der Waals surface area (Å²) in [5.74, 6) is 0. The molecule has 100 valence electrons. The van der Waals surface area contributed by atoms with Crippen molar-refractivity contribution >= 4 is 11.8 Å². The van der Waals surface area contributed by atoms with E-state index >= 15 is 0 Å². The van der Waals surface area contributed by atoms with E-state index in [-0.39, 0.29) is 0 Å². The highest BCUT2D eigenvalue weighted by Crippen LogP contribution is 2.42. The summed E-state index contributed by atoms with van der Waals surface area (Å²) >= 11 is 2.04. The first kappa shape index (κ1) is 14.0. The average molecular weight is 263 g/mol. The van der Waals surface area contributed by atoms with Gasteiger partial charge in [0.05, 0.1) is 0 Å². The van der Waals surface area contributed by atoms with Crippen molar-refractivity contribution in [2.75, 3.05) is 12.8 Å². The minimum absolute atomic E-state index is 0.454. The molecule has 0 saturated heterocycles. The monoisotopic (exact) mass is 263 g/mol. The topological polar surface area (TPSA) is 12.0 Å². The van der Waals surface area contributed by atoms with Gasteiger partial charge in [-0.3, -0.25) is 0 Å². The maximum Gasteiger partial charge on any atom is 0.0294 e. The molecule has 1 saturated carbocycles. The predicted octanol–water partition coefficient (Wildman–Crippen LogP) is 4.24. The zero-order valence-electron chi connectivity index (χ0n) is 12.0. The molecule has 0 heterocycles. The van der Waals surface area contributed by atoms with E-state index in [4.69, 9.17) is 0 Å². The molecule has 1 atom stereocenters. The van der Waals surface area contributed by atoms with Crippen molar-refractivity contribution in [3.63, 3.8) is 0 Å². The van der Waals surface area contributed by atoms with Crippen LogP contribution in [0.4, 0.5) is 0 Å². The largest absolute Gasteiger partial charge is 0.309 e. The maximum absolute atomic E-state index is 3.73.